The van der Waals surface area contributed by atoms with Crippen molar-refractivity contribution in [3.8, 4) is 0 Å². The molecule has 0 atom stereocenters. The summed E-state index contributed by atoms with van der Waals surface area (Å²) in [4.78, 5) is 4.76. The molecule has 0 unspecified atom stereocenters. The van der Waals surface area contributed by atoms with Crippen LogP contribution >= 0.6 is 0 Å². The van der Waals surface area contributed by atoms with Gasteiger partial charge in [-0.3, -0.25) is 0 Å². The number of anilines is 1. The van der Waals surface area contributed by atoms with Crippen molar-refractivity contribution in [2.45, 2.75) is 78.6 Å². The standard InChI is InChI=1S/C17H30N2/c1-15(2,3)11-10-12(16(4,5)6)14(18)19-13(11)17(7,8)9/h10H,1-9H3,(H2,18,19). The lowest BCUT2D eigenvalue weighted by molar-refractivity contribution is 0.507. The average Bonchev–Trinajstić information content (AvgIpc) is 2.11. The second-order valence-electron chi connectivity index (χ2n) is 8.57. The molecule has 0 radical (unpaired) electrons. The van der Waals surface area contributed by atoms with Gasteiger partial charge in [-0.1, -0.05) is 62.3 Å². The molecule has 108 valence electrons. The van der Waals surface area contributed by atoms with Crippen molar-refractivity contribution in [1.82, 2.24) is 4.98 Å². The summed E-state index contributed by atoms with van der Waals surface area (Å²) in [5, 5.41) is 0. The van der Waals surface area contributed by atoms with E-state index >= 15 is 0 Å². The Balaban J connectivity index is 3.66. The van der Waals surface area contributed by atoms with E-state index in [1.165, 1.54) is 5.56 Å². The van der Waals surface area contributed by atoms with Crippen LogP contribution in [-0.2, 0) is 16.2 Å². The van der Waals surface area contributed by atoms with Crippen LogP contribution in [0.2, 0.25) is 0 Å². The number of aromatic nitrogens is 1. The summed E-state index contributed by atoms with van der Waals surface area (Å²) in [6.45, 7) is 19.9. The third-order valence-electron chi connectivity index (χ3n) is 3.38. The number of pyridine rings is 1. The molecule has 0 saturated heterocycles. The monoisotopic (exact) mass is 262 g/mol. The van der Waals surface area contributed by atoms with Gasteiger partial charge in [0.2, 0.25) is 0 Å². The smallest absolute Gasteiger partial charge is 0.127 e. The van der Waals surface area contributed by atoms with Gasteiger partial charge in [-0.25, -0.2) is 4.98 Å². The van der Waals surface area contributed by atoms with E-state index in [4.69, 9.17) is 10.7 Å². The third kappa shape index (κ3) is 3.49. The minimum absolute atomic E-state index is 0.00709. The van der Waals surface area contributed by atoms with E-state index in [9.17, 15) is 0 Å². The highest BCUT2D eigenvalue weighted by Crippen LogP contribution is 2.37. The average molecular weight is 262 g/mol. The Hall–Kier alpha value is -1.05. The maximum atomic E-state index is 6.21. The zero-order chi connectivity index (χ0) is 15.2. The molecule has 1 heterocycles. The molecule has 0 aliphatic rings. The highest BCUT2D eigenvalue weighted by molar-refractivity contribution is 5.50. The van der Waals surface area contributed by atoms with Crippen LogP contribution in [0.15, 0.2) is 6.07 Å². The first-order valence-corrected chi connectivity index (χ1v) is 7.06. The normalized spacial score (nSPS) is 13.7. The fourth-order valence-corrected chi connectivity index (χ4v) is 2.27. The van der Waals surface area contributed by atoms with Gasteiger partial charge in [-0.05, 0) is 28.0 Å². The summed E-state index contributed by atoms with van der Waals surface area (Å²) in [5.41, 5.74) is 9.87. The summed E-state index contributed by atoms with van der Waals surface area (Å²) in [5.74, 6) is 0.672. The number of rotatable bonds is 0. The van der Waals surface area contributed by atoms with Gasteiger partial charge in [0.15, 0.2) is 0 Å². The predicted octanol–water partition coefficient (Wildman–Crippen LogP) is 4.56. The van der Waals surface area contributed by atoms with Gasteiger partial charge in [-0.15, -0.1) is 0 Å². The van der Waals surface area contributed by atoms with Crippen molar-refractivity contribution in [2.24, 2.45) is 0 Å². The Morgan fingerprint density at radius 2 is 1.16 bits per heavy atom. The van der Waals surface area contributed by atoms with Gasteiger partial charge < -0.3 is 5.73 Å². The number of nitrogens with two attached hydrogens (primary N) is 1. The Morgan fingerprint density at radius 1 is 0.737 bits per heavy atom. The molecule has 0 aromatic carbocycles. The highest BCUT2D eigenvalue weighted by Gasteiger charge is 2.30. The number of hydrogen-bond acceptors (Lipinski definition) is 2. The molecule has 0 amide bonds. The molecule has 1 aromatic rings. The molecule has 19 heavy (non-hydrogen) atoms. The summed E-state index contributed by atoms with van der Waals surface area (Å²) in [6.07, 6.45) is 0. The SMILES string of the molecule is CC(C)(C)c1cc(C(C)(C)C)c(C(C)(C)C)nc1N. The molecule has 2 heteroatoms. The first kappa shape index (κ1) is 16.0. The second kappa shape index (κ2) is 4.50. The fourth-order valence-electron chi connectivity index (χ4n) is 2.27. The van der Waals surface area contributed by atoms with Crippen LogP contribution < -0.4 is 5.73 Å². The molecule has 1 rings (SSSR count). The first-order valence-electron chi connectivity index (χ1n) is 7.06. The summed E-state index contributed by atoms with van der Waals surface area (Å²) in [7, 11) is 0. The fraction of sp³-hybridized carbons (Fsp3) is 0.706. The molecular formula is C17H30N2. The third-order valence-corrected chi connectivity index (χ3v) is 3.38. The summed E-state index contributed by atoms with van der Waals surface area (Å²) < 4.78 is 0. The molecule has 2 nitrogen and oxygen atoms in total. The lowest BCUT2D eigenvalue weighted by Gasteiger charge is -2.32. The number of nitrogens with zero attached hydrogens (tertiary/aromatic N) is 1. The molecule has 0 spiro atoms. The zero-order valence-electron chi connectivity index (χ0n) is 14.1. The lowest BCUT2D eigenvalue weighted by Crippen LogP contribution is -2.27. The van der Waals surface area contributed by atoms with Gasteiger partial charge in [0.25, 0.3) is 0 Å². The molecule has 2 N–H and O–H groups in total. The van der Waals surface area contributed by atoms with Crippen LogP contribution in [-0.4, -0.2) is 4.98 Å². The van der Waals surface area contributed by atoms with Gasteiger partial charge in [0.05, 0.1) is 5.69 Å². The Kier molecular flexibility index (Phi) is 3.79. The Bertz CT molecular complexity index is 466. The van der Waals surface area contributed by atoms with E-state index < -0.39 is 0 Å². The van der Waals surface area contributed by atoms with Crippen molar-refractivity contribution < 1.29 is 0 Å². The molecule has 0 aliphatic heterocycles. The lowest BCUT2D eigenvalue weighted by atomic mass is 9.75. The van der Waals surface area contributed by atoms with Crippen molar-refractivity contribution in [3.05, 3.63) is 22.9 Å². The first-order chi connectivity index (χ1) is 8.24. The van der Waals surface area contributed by atoms with Crippen molar-refractivity contribution in [1.29, 1.82) is 0 Å². The van der Waals surface area contributed by atoms with Crippen LogP contribution in [0.1, 0.15) is 79.1 Å². The van der Waals surface area contributed by atoms with E-state index in [1.807, 2.05) is 0 Å². The molecule has 1 aromatic heterocycles. The summed E-state index contributed by atoms with van der Waals surface area (Å²) in [6, 6.07) is 2.27. The van der Waals surface area contributed by atoms with Crippen LogP contribution in [0.4, 0.5) is 5.82 Å². The van der Waals surface area contributed by atoms with Crippen LogP contribution in [0.3, 0.4) is 0 Å². The predicted molar refractivity (Wildman–Crippen MR) is 84.7 cm³/mol. The molecule has 0 aliphatic carbocycles. The molecule has 0 bridgehead atoms. The van der Waals surface area contributed by atoms with Crippen LogP contribution in [0.25, 0.3) is 0 Å². The summed E-state index contributed by atoms with van der Waals surface area (Å²) >= 11 is 0. The van der Waals surface area contributed by atoms with E-state index in [0.29, 0.717) is 5.82 Å². The van der Waals surface area contributed by atoms with Crippen molar-refractivity contribution >= 4 is 5.82 Å². The Labute approximate surface area is 118 Å². The largest absolute Gasteiger partial charge is 0.383 e. The van der Waals surface area contributed by atoms with Crippen molar-refractivity contribution in [3.63, 3.8) is 0 Å². The van der Waals surface area contributed by atoms with Gasteiger partial charge >= 0.3 is 0 Å². The van der Waals surface area contributed by atoms with E-state index in [1.54, 1.807) is 0 Å². The van der Waals surface area contributed by atoms with E-state index in [-0.39, 0.29) is 16.2 Å². The quantitative estimate of drug-likeness (QED) is 0.744. The minimum atomic E-state index is 0.00709. The zero-order valence-corrected chi connectivity index (χ0v) is 14.1. The Morgan fingerprint density at radius 3 is 1.47 bits per heavy atom. The maximum absolute atomic E-state index is 6.21. The van der Waals surface area contributed by atoms with Crippen molar-refractivity contribution in [2.75, 3.05) is 5.73 Å². The second-order valence-corrected chi connectivity index (χ2v) is 8.57. The molecule has 0 fully saturated rings. The minimum Gasteiger partial charge on any atom is -0.383 e. The van der Waals surface area contributed by atoms with E-state index in [0.717, 1.165) is 11.3 Å². The molecular weight excluding hydrogens is 232 g/mol. The maximum Gasteiger partial charge on any atom is 0.127 e. The highest BCUT2D eigenvalue weighted by atomic mass is 14.9. The van der Waals surface area contributed by atoms with Crippen LogP contribution in [0.5, 0.6) is 0 Å². The van der Waals surface area contributed by atoms with Gasteiger partial charge in [0.1, 0.15) is 5.82 Å². The van der Waals surface area contributed by atoms with Crippen LogP contribution in [0, 0.1) is 0 Å². The van der Waals surface area contributed by atoms with Gasteiger partial charge in [0, 0.05) is 5.41 Å². The topological polar surface area (TPSA) is 38.9 Å². The number of hydrogen-bond donors (Lipinski definition) is 1. The van der Waals surface area contributed by atoms with E-state index in [2.05, 4.69) is 68.4 Å². The molecule has 0 saturated carbocycles. The van der Waals surface area contributed by atoms with Gasteiger partial charge in [-0.2, -0.15) is 0 Å². The number of nitrogen functional groups attached to an aromatic ring is 1.